The minimum absolute atomic E-state index is 0.227. The fraction of sp³-hybridized carbons (Fsp3) is 0.500. The van der Waals surface area contributed by atoms with Crippen molar-refractivity contribution < 1.29 is 4.74 Å². The molecule has 2 unspecified atom stereocenters. The second-order valence-corrected chi connectivity index (χ2v) is 8.58. The van der Waals surface area contributed by atoms with Gasteiger partial charge in [-0.2, -0.15) is 0 Å². The SMILES string of the molecule is CCCCCCCCN(CC1=CCC(c2ccccc2)C=C1)C1=CCC(OC)C=C1. The summed E-state index contributed by atoms with van der Waals surface area (Å²) in [5.74, 6) is 0.512. The first kappa shape index (κ1) is 22.6. The molecule has 2 nitrogen and oxygen atoms in total. The Morgan fingerprint density at radius 2 is 1.70 bits per heavy atom. The second kappa shape index (κ2) is 12.6. The maximum atomic E-state index is 5.49. The van der Waals surface area contributed by atoms with Gasteiger partial charge in [0.25, 0.3) is 0 Å². The van der Waals surface area contributed by atoms with Crippen molar-refractivity contribution in [1.29, 1.82) is 0 Å². The highest BCUT2D eigenvalue weighted by Crippen LogP contribution is 2.28. The highest BCUT2D eigenvalue weighted by atomic mass is 16.5. The fourth-order valence-corrected chi connectivity index (χ4v) is 4.33. The molecular weight excluding hydrogens is 366 g/mol. The molecule has 0 bridgehead atoms. The summed E-state index contributed by atoms with van der Waals surface area (Å²) in [5, 5.41) is 0. The van der Waals surface area contributed by atoms with Crippen LogP contribution in [0.3, 0.4) is 0 Å². The average molecular weight is 406 g/mol. The van der Waals surface area contributed by atoms with E-state index in [-0.39, 0.29) is 6.10 Å². The summed E-state index contributed by atoms with van der Waals surface area (Å²) in [6, 6.07) is 10.8. The van der Waals surface area contributed by atoms with Crippen molar-refractivity contribution >= 4 is 0 Å². The molecule has 2 heteroatoms. The van der Waals surface area contributed by atoms with Crippen LogP contribution in [0.25, 0.3) is 0 Å². The summed E-state index contributed by atoms with van der Waals surface area (Å²) in [7, 11) is 1.79. The van der Waals surface area contributed by atoms with Gasteiger partial charge >= 0.3 is 0 Å². The minimum atomic E-state index is 0.227. The highest BCUT2D eigenvalue weighted by Gasteiger charge is 2.16. The predicted molar refractivity (Wildman–Crippen MR) is 129 cm³/mol. The van der Waals surface area contributed by atoms with Gasteiger partial charge in [-0.15, -0.1) is 0 Å². The van der Waals surface area contributed by atoms with Gasteiger partial charge in [-0.3, -0.25) is 0 Å². The van der Waals surface area contributed by atoms with Gasteiger partial charge in [-0.1, -0.05) is 99.7 Å². The van der Waals surface area contributed by atoms with Crippen LogP contribution in [0.5, 0.6) is 0 Å². The lowest BCUT2D eigenvalue weighted by Crippen LogP contribution is -2.27. The number of nitrogens with zero attached hydrogens (tertiary/aromatic N) is 1. The second-order valence-electron chi connectivity index (χ2n) is 8.58. The summed E-state index contributed by atoms with van der Waals surface area (Å²) in [6.07, 6.45) is 24.3. The number of hydrogen-bond acceptors (Lipinski definition) is 2. The third kappa shape index (κ3) is 7.02. The molecule has 0 heterocycles. The Balaban J connectivity index is 1.57. The monoisotopic (exact) mass is 405 g/mol. The van der Waals surface area contributed by atoms with Crippen LogP contribution < -0.4 is 0 Å². The number of ether oxygens (including phenoxy) is 1. The van der Waals surface area contributed by atoms with Gasteiger partial charge < -0.3 is 9.64 Å². The van der Waals surface area contributed by atoms with Crippen molar-refractivity contribution in [2.45, 2.75) is 70.3 Å². The lowest BCUT2D eigenvalue weighted by atomic mass is 9.90. The lowest BCUT2D eigenvalue weighted by Gasteiger charge is -2.30. The molecule has 0 N–H and O–H groups in total. The first-order valence-electron chi connectivity index (χ1n) is 11.9. The zero-order chi connectivity index (χ0) is 21.0. The Labute approximate surface area is 184 Å². The van der Waals surface area contributed by atoms with Gasteiger partial charge in [-0.25, -0.2) is 0 Å². The normalized spacial score (nSPS) is 20.7. The van der Waals surface area contributed by atoms with E-state index >= 15 is 0 Å². The quantitative estimate of drug-likeness (QED) is 0.342. The van der Waals surface area contributed by atoms with Crippen molar-refractivity contribution in [3.05, 3.63) is 83.6 Å². The average Bonchev–Trinajstić information content (AvgIpc) is 2.81. The van der Waals surface area contributed by atoms with E-state index in [9.17, 15) is 0 Å². The maximum absolute atomic E-state index is 5.49. The van der Waals surface area contributed by atoms with E-state index in [0.29, 0.717) is 5.92 Å². The van der Waals surface area contributed by atoms with Crippen molar-refractivity contribution in [3.63, 3.8) is 0 Å². The van der Waals surface area contributed by atoms with Crippen LogP contribution in [0.15, 0.2) is 78.1 Å². The Bertz CT molecular complexity index is 743. The third-order valence-corrected chi connectivity index (χ3v) is 6.27. The maximum Gasteiger partial charge on any atom is 0.0791 e. The summed E-state index contributed by atoms with van der Waals surface area (Å²) in [5.41, 5.74) is 4.21. The predicted octanol–water partition coefficient (Wildman–Crippen LogP) is 7.18. The van der Waals surface area contributed by atoms with Gasteiger partial charge in [0.05, 0.1) is 6.10 Å². The van der Waals surface area contributed by atoms with Crippen LogP contribution in [0.4, 0.5) is 0 Å². The standard InChI is InChI=1S/C28H39NO/c1-3-4-5-6-7-11-22-29(27-18-20-28(30-2)21-19-27)23-24-14-16-26(17-15-24)25-12-9-8-10-13-25/h8-10,12-16,18-20,26,28H,3-7,11,17,21-23H2,1-2H3. The van der Waals surface area contributed by atoms with Crippen molar-refractivity contribution in [3.8, 4) is 0 Å². The molecule has 0 saturated heterocycles. The molecule has 0 spiro atoms. The number of hydrogen-bond donors (Lipinski definition) is 0. The molecule has 2 aliphatic carbocycles. The number of rotatable bonds is 12. The van der Waals surface area contributed by atoms with Gasteiger partial charge in [0.2, 0.25) is 0 Å². The van der Waals surface area contributed by atoms with Gasteiger partial charge in [0, 0.05) is 31.8 Å². The van der Waals surface area contributed by atoms with Crippen molar-refractivity contribution in [2.24, 2.45) is 0 Å². The van der Waals surface area contributed by atoms with E-state index in [4.69, 9.17) is 4.74 Å². The summed E-state index contributed by atoms with van der Waals surface area (Å²) < 4.78 is 5.49. The molecule has 30 heavy (non-hydrogen) atoms. The van der Waals surface area contributed by atoms with E-state index in [0.717, 1.165) is 25.9 Å². The van der Waals surface area contributed by atoms with Crippen LogP contribution in [0, 0.1) is 0 Å². The van der Waals surface area contributed by atoms with E-state index < -0.39 is 0 Å². The Hall–Kier alpha value is -2.06. The molecule has 0 aliphatic heterocycles. The molecular formula is C28H39NO. The topological polar surface area (TPSA) is 12.5 Å². The molecule has 1 aromatic carbocycles. The molecule has 0 radical (unpaired) electrons. The Morgan fingerprint density at radius 1 is 0.900 bits per heavy atom. The van der Waals surface area contributed by atoms with Crippen LogP contribution in [0.2, 0.25) is 0 Å². The van der Waals surface area contributed by atoms with Crippen LogP contribution in [0.1, 0.15) is 69.8 Å². The van der Waals surface area contributed by atoms with Crippen molar-refractivity contribution in [2.75, 3.05) is 20.2 Å². The van der Waals surface area contributed by atoms with Gasteiger partial charge in [-0.05, 0) is 36.5 Å². The fourth-order valence-electron chi connectivity index (χ4n) is 4.33. The van der Waals surface area contributed by atoms with E-state index in [1.807, 2.05) is 0 Å². The molecule has 2 aliphatic rings. The first-order valence-corrected chi connectivity index (χ1v) is 11.9. The Morgan fingerprint density at radius 3 is 2.37 bits per heavy atom. The highest BCUT2D eigenvalue weighted by molar-refractivity contribution is 5.35. The first-order chi connectivity index (χ1) is 14.8. The smallest absolute Gasteiger partial charge is 0.0791 e. The van der Waals surface area contributed by atoms with Gasteiger partial charge in [0.1, 0.15) is 0 Å². The summed E-state index contributed by atoms with van der Waals surface area (Å²) in [4.78, 5) is 2.57. The molecule has 162 valence electrons. The molecule has 0 saturated carbocycles. The Kier molecular flexibility index (Phi) is 9.50. The summed E-state index contributed by atoms with van der Waals surface area (Å²) >= 11 is 0. The lowest BCUT2D eigenvalue weighted by molar-refractivity contribution is 0.141. The molecule has 2 atom stereocenters. The minimum Gasteiger partial charge on any atom is -0.377 e. The molecule has 0 aromatic heterocycles. The zero-order valence-electron chi connectivity index (χ0n) is 18.9. The molecule has 0 amide bonds. The number of allylic oxidation sites excluding steroid dienone is 3. The zero-order valence-corrected chi connectivity index (χ0v) is 18.9. The molecule has 3 rings (SSSR count). The number of methoxy groups -OCH3 is 1. The number of benzene rings is 1. The van der Waals surface area contributed by atoms with Crippen LogP contribution in [-0.4, -0.2) is 31.2 Å². The van der Waals surface area contributed by atoms with E-state index in [1.54, 1.807) is 7.11 Å². The molecule has 1 aromatic rings. The van der Waals surface area contributed by atoms with E-state index in [2.05, 4.69) is 78.6 Å². The third-order valence-electron chi connectivity index (χ3n) is 6.27. The van der Waals surface area contributed by atoms with Crippen molar-refractivity contribution in [1.82, 2.24) is 4.90 Å². The largest absolute Gasteiger partial charge is 0.377 e. The van der Waals surface area contributed by atoms with Crippen LogP contribution in [-0.2, 0) is 4.74 Å². The van der Waals surface area contributed by atoms with E-state index in [1.165, 1.54) is 55.4 Å². The van der Waals surface area contributed by atoms with Crippen LogP contribution >= 0.6 is 0 Å². The molecule has 0 fully saturated rings. The van der Waals surface area contributed by atoms with Gasteiger partial charge in [0.15, 0.2) is 0 Å². The summed E-state index contributed by atoms with van der Waals surface area (Å²) in [6.45, 7) is 4.42. The number of unbranched alkanes of at least 4 members (excludes halogenated alkanes) is 5.